The molecule has 4 N–H and O–H groups in total. The Morgan fingerprint density at radius 1 is 0.914 bits per heavy atom. The molecule has 2 aromatic carbocycles. The standard InChI is InChI=1S/C26H31N3O6/c1-15(2)24(25(33)27-13-22(30)28-16(3)12-23(31)32)29-26(34)35-14-21-19-10-6-4-8-17(19)18-9-5-7-11-20(18)21/h4-11,15-16,21,24H,12-14H2,1-3H3,(H,27,33)(H,28,30)(H,29,34)(H,31,32)/t16-,24+/m1/s1. The lowest BCUT2D eigenvalue weighted by molar-refractivity contribution is -0.137. The summed E-state index contributed by atoms with van der Waals surface area (Å²) in [5, 5.41) is 16.3. The van der Waals surface area contributed by atoms with Crippen LogP contribution in [0.3, 0.4) is 0 Å². The molecule has 0 unspecified atom stereocenters. The molecule has 9 heteroatoms. The van der Waals surface area contributed by atoms with Crippen molar-refractivity contribution < 1.29 is 29.0 Å². The van der Waals surface area contributed by atoms with Gasteiger partial charge in [-0.05, 0) is 35.1 Å². The van der Waals surface area contributed by atoms with Crippen molar-refractivity contribution in [1.29, 1.82) is 0 Å². The third kappa shape index (κ3) is 6.59. The first kappa shape index (κ1) is 25.7. The molecule has 9 nitrogen and oxygen atoms in total. The normalized spacial score (nSPS) is 13.8. The monoisotopic (exact) mass is 481 g/mol. The fourth-order valence-corrected chi connectivity index (χ4v) is 4.22. The molecule has 0 spiro atoms. The van der Waals surface area contributed by atoms with Gasteiger partial charge in [0, 0.05) is 12.0 Å². The number of amides is 3. The number of aliphatic carboxylic acids is 1. The second-order valence-corrected chi connectivity index (χ2v) is 8.98. The third-order valence-electron chi connectivity index (χ3n) is 5.88. The Morgan fingerprint density at radius 2 is 1.49 bits per heavy atom. The van der Waals surface area contributed by atoms with Crippen LogP contribution in [-0.2, 0) is 19.1 Å². The van der Waals surface area contributed by atoms with Gasteiger partial charge in [0.1, 0.15) is 12.6 Å². The van der Waals surface area contributed by atoms with Crippen molar-refractivity contribution in [2.75, 3.05) is 13.2 Å². The van der Waals surface area contributed by atoms with Gasteiger partial charge >= 0.3 is 12.1 Å². The van der Waals surface area contributed by atoms with Crippen LogP contribution in [0.4, 0.5) is 4.79 Å². The fourth-order valence-electron chi connectivity index (χ4n) is 4.22. The minimum atomic E-state index is -1.03. The average Bonchev–Trinajstić information content (AvgIpc) is 3.12. The van der Waals surface area contributed by atoms with E-state index in [1.54, 1.807) is 20.8 Å². The van der Waals surface area contributed by atoms with E-state index in [1.807, 2.05) is 48.5 Å². The van der Waals surface area contributed by atoms with Gasteiger partial charge in [0.25, 0.3) is 0 Å². The molecule has 0 aromatic heterocycles. The minimum absolute atomic E-state index is 0.101. The number of hydrogen-bond donors (Lipinski definition) is 4. The van der Waals surface area contributed by atoms with Crippen LogP contribution in [-0.4, -0.2) is 54.2 Å². The lowest BCUT2D eigenvalue weighted by atomic mass is 9.98. The zero-order valence-corrected chi connectivity index (χ0v) is 20.0. The van der Waals surface area contributed by atoms with Crippen molar-refractivity contribution >= 4 is 23.9 Å². The van der Waals surface area contributed by atoms with E-state index in [1.165, 1.54) is 0 Å². The van der Waals surface area contributed by atoms with Gasteiger partial charge in [-0.2, -0.15) is 0 Å². The molecule has 3 amide bonds. The quantitative estimate of drug-likeness (QED) is 0.412. The number of carboxylic acids is 1. The molecule has 2 atom stereocenters. The van der Waals surface area contributed by atoms with Crippen LogP contribution in [0, 0.1) is 5.92 Å². The van der Waals surface area contributed by atoms with E-state index < -0.39 is 36.0 Å². The number of rotatable bonds is 10. The van der Waals surface area contributed by atoms with Crippen molar-refractivity contribution in [2.45, 2.75) is 45.2 Å². The Balaban J connectivity index is 1.54. The second-order valence-electron chi connectivity index (χ2n) is 8.98. The van der Waals surface area contributed by atoms with Crippen LogP contribution in [0.15, 0.2) is 48.5 Å². The maximum Gasteiger partial charge on any atom is 0.407 e. The van der Waals surface area contributed by atoms with Crippen molar-refractivity contribution in [3.8, 4) is 11.1 Å². The van der Waals surface area contributed by atoms with Crippen LogP contribution < -0.4 is 16.0 Å². The summed E-state index contributed by atoms with van der Waals surface area (Å²) >= 11 is 0. The zero-order chi connectivity index (χ0) is 25.5. The molecular weight excluding hydrogens is 450 g/mol. The van der Waals surface area contributed by atoms with Crippen LogP contribution in [0.25, 0.3) is 11.1 Å². The summed E-state index contributed by atoms with van der Waals surface area (Å²) in [7, 11) is 0. The van der Waals surface area contributed by atoms with Gasteiger partial charge in [-0.25, -0.2) is 4.79 Å². The Bertz CT molecular complexity index is 1050. The number of nitrogens with one attached hydrogen (secondary N) is 3. The molecule has 3 rings (SSSR count). The van der Waals surface area contributed by atoms with Crippen LogP contribution >= 0.6 is 0 Å². The largest absolute Gasteiger partial charge is 0.481 e. The molecule has 0 radical (unpaired) electrons. The van der Waals surface area contributed by atoms with E-state index in [9.17, 15) is 19.2 Å². The van der Waals surface area contributed by atoms with E-state index in [0.29, 0.717) is 0 Å². The topological polar surface area (TPSA) is 134 Å². The van der Waals surface area contributed by atoms with Crippen molar-refractivity contribution in [3.05, 3.63) is 59.7 Å². The molecule has 2 aromatic rings. The minimum Gasteiger partial charge on any atom is -0.481 e. The number of alkyl carbamates (subject to hydrolysis) is 1. The van der Waals surface area contributed by atoms with E-state index in [0.717, 1.165) is 22.3 Å². The number of fused-ring (bicyclic) bond motifs is 3. The molecule has 1 aliphatic carbocycles. The maximum atomic E-state index is 12.6. The summed E-state index contributed by atoms with van der Waals surface area (Å²) in [6, 6.07) is 14.5. The summed E-state index contributed by atoms with van der Waals surface area (Å²) in [5.74, 6) is -2.44. The van der Waals surface area contributed by atoms with E-state index in [4.69, 9.17) is 9.84 Å². The highest BCUT2D eigenvalue weighted by Gasteiger charge is 2.30. The zero-order valence-electron chi connectivity index (χ0n) is 20.0. The SMILES string of the molecule is CC(C)[C@H](NC(=O)OCC1c2ccccc2-c2ccccc21)C(=O)NCC(=O)N[C@H](C)CC(=O)O. The first-order chi connectivity index (χ1) is 16.7. The lowest BCUT2D eigenvalue weighted by Crippen LogP contribution is -2.52. The molecule has 0 fully saturated rings. The summed E-state index contributed by atoms with van der Waals surface area (Å²) in [6.45, 7) is 4.88. The smallest absolute Gasteiger partial charge is 0.407 e. The number of benzene rings is 2. The number of carboxylic acid groups (broad SMARTS) is 1. The highest BCUT2D eigenvalue weighted by Crippen LogP contribution is 2.44. The highest BCUT2D eigenvalue weighted by molar-refractivity contribution is 5.90. The van der Waals surface area contributed by atoms with E-state index in [-0.39, 0.29) is 31.4 Å². The molecule has 0 saturated carbocycles. The van der Waals surface area contributed by atoms with E-state index in [2.05, 4.69) is 16.0 Å². The van der Waals surface area contributed by atoms with Crippen LogP contribution in [0.2, 0.25) is 0 Å². The summed E-state index contributed by atoms with van der Waals surface area (Å²) in [4.78, 5) is 47.9. The van der Waals surface area contributed by atoms with Gasteiger partial charge in [-0.15, -0.1) is 0 Å². The number of hydrogen-bond acceptors (Lipinski definition) is 5. The van der Waals surface area contributed by atoms with Gasteiger partial charge in [0.05, 0.1) is 13.0 Å². The predicted octanol–water partition coefficient (Wildman–Crippen LogP) is 2.65. The molecule has 0 bridgehead atoms. The maximum absolute atomic E-state index is 12.6. The van der Waals surface area contributed by atoms with Gasteiger partial charge in [0.2, 0.25) is 11.8 Å². The molecule has 0 heterocycles. The van der Waals surface area contributed by atoms with Crippen LogP contribution in [0.5, 0.6) is 0 Å². The molecular formula is C26H31N3O6. The second kappa shape index (κ2) is 11.5. The first-order valence-corrected chi connectivity index (χ1v) is 11.6. The average molecular weight is 482 g/mol. The first-order valence-electron chi connectivity index (χ1n) is 11.6. The third-order valence-corrected chi connectivity index (χ3v) is 5.88. The predicted molar refractivity (Wildman–Crippen MR) is 130 cm³/mol. The number of carbonyl (C=O) groups is 4. The summed E-state index contributed by atoms with van der Waals surface area (Å²) in [5.41, 5.74) is 4.41. The van der Waals surface area contributed by atoms with Crippen molar-refractivity contribution in [3.63, 3.8) is 0 Å². The van der Waals surface area contributed by atoms with E-state index >= 15 is 0 Å². The van der Waals surface area contributed by atoms with Gasteiger partial charge < -0.3 is 25.8 Å². The summed E-state index contributed by atoms with van der Waals surface area (Å²) in [6.07, 6.45) is -0.947. The Hall–Kier alpha value is -3.88. The van der Waals surface area contributed by atoms with Crippen molar-refractivity contribution in [2.24, 2.45) is 5.92 Å². The molecule has 0 saturated heterocycles. The fraction of sp³-hybridized carbons (Fsp3) is 0.385. The number of carbonyl (C=O) groups excluding carboxylic acids is 3. The van der Waals surface area contributed by atoms with Gasteiger partial charge in [-0.3, -0.25) is 14.4 Å². The Morgan fingerprint density at radius 3 is 2.03 bits per heavy atom. The molecule has 1 aliphatic rings. The summed E-state index contributed by atoms with van der Waals surface area (Å²) < 4.78 is 5.52. The Labute approximate surface area is 204 Å². The van der Waals surface area contributed by atoms with Gasteiger partial charge in [0.15, 0.2) is 0 Å². The van der Waals surface area contributed by atoms with Gasteiger partial charge in [-0.1, -0.05) is 62.4 Å². The highest BCUT2D eigenvalue weighted by atomic mass is 16.5. The van der Waals surface area contributed by atoms with Crippen LogP contribution in [0.1, 0.15) is 44.2 Å². The van der Waals surface area contributed by atoms with Crippen molar-refractivity contribution in [1.82, 2.24) is 16.0 Å². The molecule has 0 aliphatic heterocycles. The number of ether oxygens (including phenoxy) is 1. The Kier molecular flexibility index (Phi) is 8.46. The molecule has 186 valence electrons. The lowest BCUT2D eigenvalue weighted by Gasteiger charge is -2.22. The molecule has 35 heavy (non-hydrogen) atoms.